The Kier molecular flexibility index (Phi) is 6.31. The van der Waals surface area contributed by atoms with E-state index in [2.05, 4.69) is 32.5 Å². The van der Waals surface area contributed by atoms with Crippen LogP contribution in [-0.2, 0) is 0 Å². The summed E-state index contributed by atoms with van der Waals surface area (Å²) in [7, 11) is 0. The maximum Gasteiger partial charge on any atom is 0.255 e. The van der Waals surface area contributed by atoms with Crippen molar-refractivity contribution in [3.8, 4) is 11.4 Å². The number of nitrogens with one attached hydrogen (secondary N) is 3. The minimum atomic E-state index is -0.198. The number of imidazole rings is 1. The summed E-state index contributed by atoms with van der Waals surface area (Å²) in [6.07, 6.45) is 7.98. The first kappa shape index (κ1) is 22.8. The minimum Gasteiger partial charge on any atom is -0.349 e. The molecule has 1 aliphatic carbocycles. The van der Waals surface area contributed by atoms with E-state index in [9.17, 15) is 9.59 Å². The first-order chi connectivity index (χ1) is 17.0. The van der Waals surface area contributed by atoms with Crippen molar-refractivity contribution in [1.82, 2.24) is 20.3 Å². The fraction of sp³-hybridized carbons (Fsp3) is 0.286. The van der Waals surface area contributed by atoms with Gasteiger partial charge in [0.05, 0.1) is 22.9 Å². The monoisotopic (exact) mass is 467 g/mol. The average Bonchev–Trinajstić information content (AvgIpc) is 3.29. The number of carbonyl (C=O) groups excluding carboxylic acids is 2. The van der Waals surface area contributed by atoms with Gasteiger partial charge in [-0.25, -0.2) is 4.98 Å². The molecule has 0 aliphatic heterocycles. The number of aryl methyl sites for hydroxylation is 1. The lowest BCUT2D eigenvalue weighted by Gasteiger charge is -2.29. The summed E-state index contributed by atoms with van der Waals surface area (Å²) in [5.41, 5.74) is 5.26. The Bertz CT molecular complexity index is 1380. The summed E-state index contributed by atoms with van der Waals surface area (Å²) < 4.78 is 0. The summed E-state index contributed by atoms with van der Waals surface area (Å²) in [6.45, 7) is 4.14. The molecule has 1 fully saturated rings. The lowest BCUT2D eigenvalue weighted by molar-refractivity contribution is 0.0910. The van der Waals surface area contributed by atoms with Crippen LogP contribution in [0.1, 0.15) is 58.9 Å². The number of rotatable bonds is 5. The molecule has 0 bridgehead atoms. The van der Waals surface area contributed by atoms with Gasteiger partial charge >= 0.3 is 0 Å². The van der Waals surface area contributed by atoms with Gasteiger partial charge in [0.1, 0.15) is 5.82 Å². The number of pyridine rings is 1. The molecule has 0 saturated heterocycles. The minimum absolute atomic E-state index is 0.0408. The smallest absolute Gasteiger partial charge is 0.255 e. The van der Waals surface area contributed by atoms with E-state index in [-0.39, 0.29) is 17.9 Å². The highest BCUT2D eigenvalue weighted by Crippen LogP contribution is 2.25. The molecule has 2 atom stereocenters. The number of anilines is 1. The van der Waals surface area contributed by atoms with Crippen molar-refractivity contribution in [1.29, 1.82) is 0 Å². The van der Waals surface area contributed by atoms with Crippen LogP contribution in [-0.4, -0.2) is 32.8 Å². The highest BCUT2D eigenvalue weighted by molar-refractivity contribution is 6.04. The molecular weight excluding hydrogens is 438 g/mol. The summed E-state index contributed by atoms with van der Waals surface area (Å²) >= 11 is 0. The van der Waals surface area contributed by atoms with Gasteiger partial charge in [-0.05, 0) is 67.6 Å². The molecule has 2 heterocycles. The summed E-state index contributed by atoms with van der Waals surface area (Å²) in [5, 5.41) is 6.08. The number of fused-ring (bicyclic) bond motifs is 1. The van der Waals surface area contributed by atoms with Crippen LogP contribution < -0.4 is 10.6 Å². The number of H-pyrrole nitrogens is 1. The van der Waals surface area contributed by atoms with E-state index >= 15 is 0 Å². The molecule has 1 saturated carbocycles. The largest absolute Gasteiger partial charge is 0.349 e. The summed E-state index contributed by atoms with van der Waals surface area (Å²) in [6, 6.07) is 14.9. The average molecular weight is 468 g/mol. The van der Waals surface area contributed by atoms with E-state index in [1.807, 2.05) is 43.3 Å². The number of amides is 2. The van der Waals surface area contributed by atoms with Crippen LogP contribution in [0, 0.1) is 12.8 Å². The number of benzene rings is 2. The number of carbonyl (C=O) groups is 2. The van der Waals surface area contributed by atoms with Crippen molar-refractivity contribution in [2.75, 3.05) is 5.32 Å². The van der Waals surface area contributed by atoms with Crippen molar-refractivity contribution >= 4 is 28.5 Å². The molecule has 2 aromatic heterocycles. The van der Waals surface area contributed by atoms with E-state index in [1.165, 1.54) is 12.8 Å². The molecule has 7 heteroatoms. The second-order valence-electron chi connectivity index (χ2n) is 9.44. The molecule has 7 nitrogen and oxygen atoms in total. The Hall–Kier alpha value is -4.00. The molecule has 4 aromatic rings. The highest BCUT2D eigenvalue weighted by Gasteiger charge is 2.23. The first-order valence-electron chi connectivity index (χ1n) is 12.1. The number of nitrogens with zero attached hydrogens (tertiary/aromatic N) is 2. The Balaban J connectivity index is 1.30. The lowest BCUT2D eigenvalue weighted by Crippen LogP contribution is -2.41. The van der Waals surface area contributed by atoms with Crippen LogP contribution in [0.25, 0.3) is 22.4 Å². The van der Waals surface area contributed by atoms with Crippen LogP contribution >= 0.6 is 0 Å². The van der Waals surface area contributed by atoms with Gasteiger partial charge in [0.25, 0.3) is 11.8 Å². The topological polar surface area (TPSA) is 99.8 Å². The number of hydrogen-bond donors (Lipinski definition) is 3. The summed E-state index contributed by atoms with van der Waals surface area (Å²) in [4.78, 5) is 37.5. The molecule has 2 amide bonds. The molecule has 0 spiro atoms. The van der Waals surface area contributed by atoms with Gasteiger partial charge in [-0.15, -0.1) is 0 Å². The van der Waals surface area contributed by atoms with Crippen molar-refractivity contribution in [3.63, 3.8) is 0 Å². The Morgan fingerprint density at radius 2 is 1.71 bits per heavy atom. The third kappa shape index (κ3) is 5.09. The second kappa shape index (κ2) is 9.70. The molecule has 35 heavy (non-hydrogen) atoms. The van der Waals surface area contributed by atoms with E-state index in [1.54, 1.807) is 24.5 Å². The molecule has 2 aromatic carbocycles. The maximum atomic E-state index is 12.8. The standard InChI is InChI=1S/C28H29N5O2/c1-17-13-22(16-29-15-17)30-27(34)20-9-7-19(8-10-20)26-31-24-12-11-21(14-25(24)32-26)28(35)33-23-6-4-3-5-18(23)2/h7-16,18,23H,3-6H2,1-2H3,(H,30,34)(H,31,32)(H,33,35). The van der Waals surface area contributed by atoms with E-state index in [0.717, 1.165) is 35.0 Å². The number of hydrogen-bond acceptors (Lipinski definition) is 4. The van der Waals surface area contributed by atoms with Crippen molar-refractivity contribution in [2.24, 2.45) is 5.92 Å². The Labute approximate surface area is 204 Å². The van der Waals surface area contributed by atoms with Crippen LogP contribution in [0.5, 0.6) is 0 Å². The molecule has 2 unspecified atom stereocenters. The zero-order chi connectivity index (χ0) is 24.4. The van der Waals surface area contributed by atoms with Crippen LogP contribution in [0.15, 0.2) is 60.9 Å². The quantitative estimate of drug-likeness (QED) is 0.361. The number of aromatic nitrogens is 3. The molecule has 178 valence electrons. The van der Waals surface area contributed by atoms with Crippen LogP contribution in [0.4, 0.5) is 5.69 Å². The lowest BCUT2D eigenvalue weighted by atomic mass is 9.86. The zero-order valence-corrected chi connectivity index (χ0v) is 20.0. The third-order valence-electron chi connectivity index (χ3n) is 6.73. The van der Waals surface area contributed by atoms with Crippen molar-refractivity contribution in [2.45, 2.75) is 45.6 Å². The van der Waals surface area contributed by atoms with Gasteiger partial charge in [0.2, 0.25) is 0 Å². The van der Waals surface area contributed by atoms with E-state index in [4.69, 9.17) is 0 Å². The van der Waals surface area contributed by atoms with E-state index < -0.39 is 0 Å². The van der Waals surface area contributed by atoms with Crippen LogP contribution in [0.3, 0.4) is 0 Å². The predicted molar refractivity (Wildman–Crippen MR) is 137 cm³/mol. The van der Waals surface area contributed by atoms with Crippen molar-refractivity contribution < 1.29 is 9.59 Å². The number of aromatic amines is 1. The first-order valence-corrected chi connectivity index (χ1v) is 12.1. The van der Waals surface area contributed by atoms with Crippen molar-refractivity contribution in [3.05, 3.63) is 77.6 Å². The Morgan fingerprint density at radius 1 is 0.943 bits per heavy atom. The molecule has 1 aliphatic rings. The fourth-order valence-corrected chi connectivity index (χ4v) is 4.68. The second-order valence-corrected chi connectivity index (χ2v) is 9.44. The SMILES string of the molecule is Cc1cncc(NC(=O)c2ccc(-c3nc4ccc(C(=O)NC5CCCCC5C)cc4[nH]3)cc2)c1. The highest BCUT2D eigenvalue weighted by atomic mass is 16.2. The van der Waals surface area contributed by atoms with Gasteiger partial charge in [0.15, 0.2) is 0 Å². The molecular formula is C28H29N5O2. The van der Waals surface area contributed by atoms with Crippen LogP contribution in [0.2, 0.25) is 0 Å². The van der Waals surface area contributed by atoms with Gasteiger partial charge < -0.3 is 15.6 Å². The predicted octanol–water partition coefficient (Wildman–Crippen LogP) is 5.49. The molecule has 5 rings (SSSR count). The normalized spacial score (nSPS) is 17.8. The summed E-state index contributed by atoms with van der Waals surface area (Å²) in [5.74, 6) is 0.958. The van der Waals surface area contributed by atoms with Gasteiger partial charge in [-0.2, -0.15) is 0 Å². The fourth-order valence-electron chi connectivity index (χ4n) is 4.68. The van der Waals surface area contributed by atoms with Gasteiger partial charge in [-0.3, -0.25) is 14.6 Å². The molecule has 3 N–H and O–H groups in total. The van der Waals surface area contributed by atoms with Gasteiger partial charge in [0, 0.05) is 28.9 Å². The maximum absolute atomic E-state index is 12.8. The van der Waals surface area contributed by atoms with Gasteiger partial charge in [-0.1, -0.05) is 31.9 Å². The third-order valence-corrected chi connectivity index (χ3v) is 6.73. The van der Waals surface area contributed by atoms with E-state index in [0.29, 0.717) is 28.6 Å². The zero-order valence-electron chi connectivity index (χ0n) is 20.0. The Morgan fingerprint density at radius 3 is 2.49 bits per heavy atom. The molecule has 0 radical (unpaired) electrons.